The van der Waals surface area contributed by atoms with E-state index in [1.807, 2.05) is 20.8 Å². The highest BCUT2D eigenvalue weighted by molar-refractivity contribution is 5.10. The lowest BCUT2D eigenvalue weighted by molar-refractivity contribution is -0.145. The molecule has 4 nitrogen and oxygen atoms in total. The summed E-state index contributed by atoms with van der Waals surface area (Å²) in [6, 6.07) is 0. The maximum absolute atomic E-state index is 11.1. The predicted octanol–water partition coefficient (Wildman–Crippen LogP) is 2.53. The summed E-state index contributed by atoms with van der Waals surface area (Å²) < 4.78 is 17.8. The maximum atomic E-state index is 11.1. The number of fused-ring (bicyclic) bond motifs is 1. The smallest absolute Gasteiger partial charge is 0.122 e. The number of ether oxygens (including phenoxy) is 3. The van der Waals surface area contributed by atoms with E-state index in [4.69, 9.17) is 14.2 Å². The molecule has 0 bridgehead atoms. The second-order valence-corrected chi connectivity index (χ2v) is 7.86. The minimum atomic E-state index is -0.927. The van der Waals surface area contributed by atoms with Gasteiger partial charge in [0.2, 0.25) is 0 Å². The van der Waals surface area contributed by atoms with Crippen LogP contribution in [0.1, 0.15) is 54.4 Å². The van der Waals surface area contributed by atoms with Crippen LogP contribution >= 0.6 is 0 Å². The Morgan fingerprint density at radius 2 is 1.85 bits per heavy atom. The average molecular weight is 286 g/mol. The zero-order valence-electron chi connectivity index (χ0n) is 13.7. The van der Waals surface area contributed by atoms with Crippen molar-refractivity contribution in [2.75, 3.05) is 13.2 Å². The van der Waals surface area contributed by atoms with E-state index in [2.05, 4.69) is 20.8 Å². The first-order valence-electron chi connectivity index (χ1n) is 7.74. The van der Waals surface area contributed by atoms with E-state index in [1.54, 1.807) is 0 Å². The molecule has 0 radical (unpaired) electrons. The first kappa shape index (κ1) is 16.2. The van der Waals surface area contributed by atoms with E-state index in [0.29, 0.717) is 13.2 Å². The van der Waals surface area contributed by atoms with E-state index >= 15 is 0 Å². The van der Waals surface area contributed by atoms with Crippen molar-refractivity contribution in [3.05, 3.63) is 0 Å². The predicted molar refractivity (Wildman–Crippen MR) is 77.7 cm³/mol. The quantitative estimate of drug-likeness (QED) is 0.862. The minimum absolute atomic E-state index is 0.0912. The summed E-state index contributed by atoms with van der Waals surface area (Å²) in [6.07, 6.45) is 1.46. The van der Waals surface area contributed by atoms with Crippen molar-refractivity contribution in [3.8, 4) is 0 Å². The molecule has 2 fully saturated rings. The molecule has 0 aromatic carbocycles. The van der Waals surface area contributed by atoms with Gasteiger partial charge in [0.05, 0.1) is 18.8 Å². The third-order valence-corrected chi connectivity index (χ3v) is 4.62. The molecule has 20 heavy (non-hydrogen) atoms. The Balaban J connectivity index is 2.13. The first-order chi connectivity index (χ1) is 9.11. The van der Waals surface area contributed by atoms with E-state index in [-0.39, 0.29) is 29.3 Å². The Morgan fingerprint density at radius 3 is 2.40 bits per heavy atom. The number of hydrogen-bond donors (Lipinski definition) is 1. The van der Waals surface area contributed by atoms with Crippen LogP contribution in [0.25, 0.3) is 0 Å². The van der Waals surface area contributed by atoms with Gasteiger partial charge in [-0.15, -0.1) is 0 Å². The molecule has 118 valence electrons. The Labute approximate surface area is 122 Å². The van der Waals surface area contributed by atoms with Gasteiger partial charge in [-0.3, -0.25) is 0 Å². The summed E-state index contributed by atoms with van der Waals surface area (Å²) >= 11 is 0. The second-order valence-electron chi connectivity index (χ2n) is 7.86. The van der Waals surface area contributed by atoms with Crippen molar-refractivity contribution in [1.29, 1.82) is 0 Å². The number of aliphatic hydroxyl groups is 1. The third kappa shape index (κ3) is 2.76. The largest absolute Gasteiger partial charge is 0.384 e. The summed E-state index contributed by atoms with van der Waals surface area (Å²) in [5, 5.41) is 11.1. The van der Waals surface area contributed by atoms with Gasteiger partial charge in [0, 0.05) is 0 Å². The molecular formula is C16H30O4. The molecule has 0 aromatic heterocycles. The fourth-order valence-corrected chi connectivity index (χ4v) is 3.47. The van der Waals surface area contributed by atoms with Crippen LogP contribution in [-0.2, 0) is 14.2 Å². The van der Waals surface area contributed by atoms with Crippen LogP contribution in [0, 0.1) is 5.41 Å². The summed E-state index contributed by atoms with van der Waals surface area (Å²) in [5.74, 6) is 0. The highest BCUT2D eigenvalue weighted by Gasteiger charge is 2.62. The zero-order chi connectivity index (χ0) is 15.2. The Kier molecular flexibility index (Phi) is 4.25. The summed E-state index contributed by atoms with van der Waals surface area (Å²) in [6.45, 7) is 13.3. The van der Waals surface area contributed by atoms with Gasteiger partial charge in [0.15, 0.2) is 0 Å². The Hall–Kier alpha value is -0.160. The normalized spacial score (nSPS) is 38.2. The first-order valence-corrected chi connectivity index (χ1v) is 7.74. The van der Waals surface area contributed by atoms with Gasteiger partial charge in [-0.25, -0.2) is 0 Å². The van der Waals surface area contributed by atoms with Crippen LogP contribution in [0.4, 0.5) is 0 Å². The highest BCUT2D eigenvalue weighted by atomic mass is 16.6. The van der Waals surface area contributed by atoms with Crippen LogP contribution in [-0.4, -0.2) is 47.8 Å². The van der Waals surface area contributed by atoms with Crippen LogP contribution in [0.15, 0.2) is 0 Å². The summed E-state index contributed by atoms with van der Waals surface area (Å²) in [4.78, 5) is 0. The number of rotatable bonds is 4. The lowest BCUT2D eigenvalue weighted by Crippen LogP contribution is -2.54. The molecule has 2 rings (SSSR count). The fourth-order valence-electron chi connectivity index (χ4n) is 3.47. The van der Waals surface area contributed by atoms with Crippen molar-refractivity contribution in [2.24, 2.45) is 5.41 Å². The van der Waals surface area contributed by atoms with Crippen molar-refractivity contribution >= 4 is 0 Å². The van der Waals surface area contributed by atoms with Gasteiger partial charge in [-0.1, -0.05) is 27.2 Å². The molecule has 2 saturated heterocycles. The van der Waals surface area contributed by atoms with Crippen molar-refractivity contribution in [3.63, 3.8) is 0 Å². The lowest BCUT2D eigenvalue weighted by atomic mass is 9.69. The van der Waals surface area contributed by atoms with Crippen LogP contribution in [0.2, 0.25) is 0 Å². The van der Waals surface area contributed by atoms with Crippen LogP contribution in [0.5, 0.6) is 0 Å². The maximum Gasteiger partial charge on any atom is 0.122 e. The molecule has 0 aliphatic carbocycles. The fraction of sp³-hybridized carbons (Fsp3) is 1.00. The van der Waals surface area contributed by atoms with E-state index in [0.717, 1.165) is 12.8 Å². The van der Waals surface area contributed by atoms with Gasteiger partial charge >= 0.3 is 0 Å². The van der Waals surface area contributed by atoms with Crippen LogP contribution in [0.3, 0.4) is 0 Å². The van der Waals surface area contributed by atoms with Gasteiger partial charge < -0.3 is 19.3 Å². The van der Waals surface area contributed by atoms with Crippen molar-refractivity contribution < 1.29 is 19.3 Å². The van der Waals surface area contributed by atoms with Gasteiger partial charge in [0.25, 0.3) is 0 Å². The van der Waals surface area contributed by atoms with Crippen molar-refractivity contribution in [1.82, 2.24) is 0 Å². The second kappa shape index (κ2) is 5.24. The molecular weight excluding hydrogens is 256 g/mol. The van der Waals surface area contributed by atoms with Gasteiger partial charge in [0.1, 0.15) is 23.9 Å². The third-order valence-electron chi connectivity index (χ3n) is 4.62. The Bertz CT molecular complexity index is 347. The number of hydrogen-bond acceptors (Lipinski definition) is 4. The van der Waals surface area contributed by atoms with E-state index in [1.165, 1.54) is 0 Å². The molecule has 2 aliphatic heterocycles. The summed E-state index contributed by atoms with van der Waals surface area (Å²) in [5.41, 5.74) is -1.38. The van der Waals surface area contributed by atoms with Gasteiger partial charge in [-0.2, -0.15) is 0 Å². The van der Waals surface area contributed by atoms with E-state index in [9.17, 15) is 5.11 Å². The Morgan fingerprint density at radius 1 is 1.20 bits per heavy atom. The highest BCUT2D eigenvalue weighted by Crippen LogP contribution is 2.47. The lowest BCUT2D eigenvalue weighted by Gasteiger charge is -2.42. The van der Waals surface area contributed by atoms with Crippen molar-refractivity contribution in [2.45, 2.75) is 83.9 Å². The molecule has 2 heterocycles. The summed E-state index contributed by atoms with van der Waals surface area (Å²) in [7, 11) is 0. The molecule has 0 aromatic rings. The molecule has 0 spiro atoms. The topological polar surface area (TPSA) is 47.9 Å². The molecule has 2 aliphatic rings. The molecule has 1 N–H and O–H groups in total. The molecule has 4 atom stereocenters. The van der Waals surface area contributed by atoms with Crippen LogP contribution < -0.4 is 0 Å². The standard InChI is InChI=1S/C16H30O4/c1-7-8-15(5,6)16(17)10-19-12-11(9-18-13(12)16)20-14(2,3)4/h11-13,17H,7-10H2,1-6H3/t11-,12-,13+,16?/m1/s1. The molecule has 0 amide bonds. The molecule has 1 unspecified atom stereocenters. The SMILES string of the molecule is CCCC(C)(C)C1(O)CO[C@@H]2[C@H](OC(C)(C)C)CO[C@@H]21. The molecule has 0 saturated carbocycles. The van der Waals surface area contributed by atoms with Gasteiger partial charge in [-0.05, 0) is 32.6 Å². The molecule has 4 heteroatoms. The monoisotopic (exact) mass is 286 g/mol. The minimum Gasteiger partial charge on any atom is -0.384 e. The van der Waals surface area contributed by atoms with E-state index < -0.39 is 5.60 Å². The zero-order valence-corrected chi connectivity index (χ0v) is 13.7. The average Bonchev–Trinajstić information content (AvgIpc) is 2.81.